The zero-order chi connectivity index (χ0) is 18.1. The fourth-order valence-electron chi connectivity index (χ4n) is 1.87. The van der Waals surface area contributed by atoms with Gasteiger partial charge in [-0.1, -0.05) is 48.6 Å². The lowest BCUT2D eigenvalue weighted by atomic mass is 10.2. The van der Waals surface area contributed by atoms with Crippen LogP contribution in [-0.4, -0.2) is 18.4 Å². The third kappa shape index (κ3) is 5.93. The fourth-order valence-corrected chi connectivity index (χ4v) is 2.18. The minimum atomic E-state index is -0.515. The second-order valence-electron chi connectivity index (χ2n) is 4.91. The third-order valence-electron chi connectivity index (χ3n) is 3.05. The summed E-state index contributed by atoms with van der Waals surface area (Å²) in [5.41, 5.74) is 1.08. The van der Waals surface area contributed by atoms with Crippen molar-refractivity contribution in [3.05, 3.63) is 89.0 Å². The summed E-state index contributed by atoms with van der Waals surface area (Å²) in [4.78, 5) is 24.4. The van der Waals surface area contributed by atoms with Crippen LogP contribution in [0.2, 0.25) is 0 Å². The molecule has 0 saturated heterocycles. The van der Waals surface area contributed by atoms with Gasteiger partial charge in [-0.05, 0) is 39.7 Å². The highest BCUT2D eigenvalue weighted by atomic mass is 79.9. The Kier molecular flexibility index (Phi) is 6.98. The molecule has 0 aliphatic carbocycles. The SMILES string of the molecule is C=CCNC(=O)C(=CC=Cc1ccccc1)NC(=O)c1ccc(Br)o1. The second-order valence-corrected chi connectivity index (χ2v) is 5.69. The molecular formula is C19H17BrN2O3. The van der Waals surface area contributed by atoms with Gasteiger partial charge in [-0.2, -0.15) is 0 Å². The molecule has 5 nitrogen and oxygen atoms in total. The number of benzene rings is 1. The summed E-state index contributed by atoms with van der Waals surface area (Å²) < 4.78 is 5.63. The van der Waals surface area contributed by atoms with E-state index in [1.165, 1.54) is 12.1 Å². The van der Waals surface area contributed by atoms with Crippen molar-refractivity contribution in [1.82, 2.24) is 10.6 Å². The van der Waals surface area contributed by atoms with Crippen molar-refractivity contribution in [1.29, 1.82) is 0 Å². The van der Waals surface area contributed by atoms with E-state index in [0.717, 1.165) is 5.56 Å². The highest BCUT2D eigenvalue weighted by molar-refractivity contribution is 9.10. The Hall–Kier alpha value is -2.86. The maximum atomic E-state index is 12.2. The molecule has 1 aromatic heterocycles. The topological polar surface area (TPSA) is 71.3 Å². The van der Waals surface area contributed by atoms with Gasteiger partial charge in [-0.25, -0.2) is 0 Å². The van der Waals surface area contributed by atoms with Crippen molar-refractivity contribution in [2.45, 2.75) is 0 Å². The van der Waals surface area contributed by atoms with Gasteiger partial charge in [0.1, 0.15) is 5.70 Å². The van der Waals surface area contributed by atoms with E-state index >= 15 is 0 Å². The molecule has 2 aromatic rings. The summed E-state index contributed by atoms with van der Waals surface area (Å²) in [5.74, 6) is -0.836. The number of amides is 2. The molecule has 0 saturated carbocycles. The van der Waals surface area contributed by atoms with Crippen LogP contribution in [-0.2, 0) is 4.79 Å². The maximum absolute atomic E-state index is 12.2. The Morgan fingerprint density at radius 1 is 1.16 bits per heavy atom. The first-order valence-electron chi connectivity index (χ1n) is 7.49. The van der Waals surface area contributed by atoms with Gasteiger partial charge >= 0.3 is 0 Å². The molecule has 0 atom stereocenters. The molecule has 0 unspecified atom stereocenters. The zero-order valence-electron chi connectivity index (χ0n) is 13.4. The molecular weight excluding hydrogens is 384 g/mol. The van der Waals surface area contributed by atoms with E-state index in [2.05, 4.69) is 33.1 Å². The molecule has 1 aromatic carbocycles. The highest BCUT2D eigenvalue weighted by Crippen LogP contribution is 2.14. The van der Waals surface area contributed by atoms with Gasteiger partial charge in [0.05, 0.1) is 0 Å². The number of hydrogen-bond donors (Lipinski definition) is 2. The first-order valence-corrected chi connectivity index (χ1v) is 8.28. The lowest BCUT2D eigenvalue weighted by molar-refractivity contribution is -0.117. The van der Waals surface area contributed by atoms with Crippen LogP contribution in [0.25, 0.3) is 6.08 Å². The molecule has 2 amide bonds. The van der Waals surface area contributed by atoms with Gasteiger partial charge in [-0.3, -0.25) is 9.59 Å². The maximum Gasteiger partial charge on any atom is 0.291 e. The molecule has 2 N–H and O–H groups in total. The Morgan fingerprint density at radius 2 is 1.92 bits per heavy atom. The number of nitrogens with one attached hydrogen (secondary N) is 2. The van der Waals surface area contributed by atoms with Crippen LogP contribution in [0.4, 0.5) is 0 Å². The van der Waals surface area contributed by atoms with E-state index < -0.39 is 11.8 Å². The van der Waals surface area contributed by atoms with E-state index in [4.69, 9.17) is 4.42 Å². The summed E-state index contributed by atoms with van der Waals surface area (Å²) in [5, 5.41) is 5.18. The van der Waals surface area contributed by atoms with Crippen molar-refractivity contribution < 1.29 is 14.0 Å². The standard InChI is InChI=1S/C19H17BrN2O3/c1-2-13-21-18(23)15(10-6-9-14-7-4-3-5-8-14)22-19(24)16-11-12-17(20)25-16/h2-12H,1,13H2,(H,21,23)(H,22,24). The lowest BCUT2D eigenvalue weighted by Gasteiger charge is -2.08. The third-order valence-corrected chi connectivity index (χ3v) is 3.47. The number of furan rings is 1. The van der Waals surface area contributed by atoms with Gasteiger partial charge < -0.3 is 15.1 Å². The summed E-state index contributed by atoms with van der Waals surface area (Å²) in [6, 6.07) is 12.7. The van der Waals surface area contributed by atoms with Crippen molar-refractivity contribution >= 4 is 33.8 Å². The van der Waals surface area contributed by atoms with E-state index in [1.807, 2.05) is 36.4 Å². The predicted molar refractivity (Wildman–Crippen MR) is 101 cm³/mol. The quantitative estimate of drug-likeness (QED) is 0.423. The number of halogens is 1. The van der Waals surface area contributed by atoms with Crippen LogP contribution in [0.15, 0.2) is 82.1 Å². The molecule has 0 spiro atoms. The van der Waals surface area contributed by atoms with Gasteiger partial charge in [0.25, 0.3) is 11.8 Å². The van der Waals surface area contributed by atoms with Crippen molar-refractivity contribution in [3.63, 3.8) is 0 Å². The Labute approximate surface area is 154 Å². The van der Waals surface area contributed by atoms with Crippen LogP contribution < -0.4 is 10.6 Å². The van der Waals surface area contributed by atoms with Crippen LogP contribution in [0.1, 0.15) is 16.1 Å². The number of carbonyl (C=O) groups excluding carboxylic acids is 2. The first-order chi connectivity index (χ1) is 12.1. The Morgan fingerprint density at radius 3 is 2.56 bits per heavy atom. The number of allylic oxidation sites excluding steroid dienone is 2. The van der Waals surface area contributed by atoms with Crippen LogP contribution in [0, 0.1) is 0 Å². The summed E-state index contributed by atoms with van der Waals surface area (Å²) in [6.45, 7) is 3.84. The van der Waals surface area contributed by atoms with Gasteiger partial charge in [0.2, 0.25) is 0 Å². The molecule has 0 radical (unpaired) electrons. The highest BCUT2D eigenvalue weighted by Gasteiger charge is 2.15. The van der Waals surface area contributed by atoms with Crippen LogP contribution >= 0.6 is 15.9 Å². The summed E-state index contributed by atoms with van der Waals surface area (Å²) >= 11 is 3.13. The Bertz CT molecular complexity index is 807. The molecule has 1 heterocycles. The number of carbonyl (C=O) groups is 2. The number of hydrogen-bond acceptors (Lipinski definition) is 3. The largest absolute Gasteiger partial charge is 0.444 e. The number of rotatable bonds is 7. The Balaban J connectivity index is 2.15. The van der Waals surface area contributed by atoms with E-state index in [9.17, 15) is 9.59 Å². The fraction of sp³-hybridized carbons (Fsp3) is 0.0526. The second kappa shape index (κ2) is 9.44. The molecule has 0 aliphatic rings. The van der Waals surface area contributed by atoms with Crippen molar-refractivity contribution in [3.8, 4) is 0 Å². The smallest absolute Gasteiger partial charge is 0.291 e. The van der Waals surface area contributed by atoms with Crippen molar-refractivity contribution in [2.24, 2.45) is 0 Å². The average Bonchev–Trinajstić information content (AvgIpc) is 3.06. The van der Waals surface area contributed by atoms with Gasteiger partial charge in [-0.15, -0.1) is 6.58 Å². The summed E-state index contributed by atoms with van der Waals surface area (Å²) in [6.07, 6.45) is 6.61. The van der Waals surface area contributed by atoms with E-state index in [0.29, 0.717) is 11.2 Å². The minimum absolute atomic E-state index is 0.0985. The van der Waals surface area contributed by atoms with Gasteiger partial charge in [0.15, 0.2) is 10.4 Å². The van der Waals surface area contributed by atoms with Crippen molar-refractivity contribution in [2.75, 3.05) is 6.54 Å². The molecule has 25 heavy (non-hydrogen) atoms. The van der Waals surface area contributed by atoms with Gasteiger partial charge in [0, 0.05) is 6.54 Å². The normalized spacial score (nSPS) is 11.3. The van der Waals surface area contributed by atoms with Crippen LogP contribution in [0.5, 0.6) is 0 Å². The molecule has 128 valence electrons. The first kappa shape index (κ1) is 18.5. The molecule has 0 aliphatic heterocycles. The van der Waals surface area contributed by atoms with E-state index in [1.54, 1.807) is 18.2 Å². The predicted octanol–water partition coefficient (Wildman–Crippen LogP) is 3.67. The van der Waals surface area contributed by atoms with E-state index in [-0.39, 0.29) is 11.5 Å². The minimum Gasteiger partial charge on any atom is -0.444 e. The lowest BCUT2D eigenvalue weighted by Crippen LogP contribution is -2.34. The molecule has 2 rings (SSSR count). The monoisotopic (exact) mass is 400 g/mol. The summed E-state index contributed by atoms with van der Waals surface area (Å²) in [7, 11) is 0. The zero-order valence-corrected chi connectivity index (χ0v) is 15.0. The molecule has 6 heteroatoms. The average molecular weight is 401 g/mol. The van der Waals surface area contributed by atoms with Crippen LogP contribution in [0.3, 0.4) is 0 Å². The molecule has 0 bridgehead atoms. The molecule has 0 fully saturated rings.